The molecule has 1 aliphatic heterocycles. The van der Waals surface area contributed by atoms with Crippen LogP contribution in [0, 0.1) is 0 Å². The normalized spacial score (nSPS) is 19.6. The molecule has 0 saturated carbocycles. The Morgan fingerprint density at radius 3 is 2.05 bits per heavy atom. The molecule has 0 aromatic heterocycles. The number of piperazine rings is 1. The third-order valence-corrected chi connectivity index (χ3v) is 3.76. The summed E-state index contributed by atoms with van der Waals surface area (Å²) in [5.41, 5.74) is 0.747. The first kappa shape index (κ1) is 15.9. The zero-order valence-electron chi connectivity index (χ0n) is 11.8. The van der Waals surface area contributed by atoms with E-state index in [0.717, 1.165) is 5.56 Å². The fourth-order valence-electron chi connectivity index (χ4n) is 2.63. The molecular weight excluding hydrogens is 285 g/mol. The van der Waals surface area contributed by atoms with E-state index in [-0.39, 0.29) is 17.5 Å². The minimum absolute atomic E-state index is 0.0208. The van der Waals surface area contributed by atoms with Gasteiger partial charge < -0.3 is 10.2 Å². The van der Waals surface area contributed by atoms with E-state index >= 15 is 0 Å². The van der Waals surface area contributed by atoms with E-state index in [9.17, 15) is 23.4 Å². The van der Waals surface area contributed by atoms with Crippen molar-refractivity contribution in [3.05, 3.63) is 23.8 Å². The number of alkyl halides is 3. The van der Waals surface area contributed by atoms with Crippen molar-refractivity contribution in [1.29, 1.82) is 0 Å². The van der Waals surface area contributed by atoms with Crippen LogP contribution in [0.2, 0.25) is 0 Å². The van der Waals surface area contributed by atoms with Crippen LogP contribution >= 0.6 is 0 Å². The summed E-state index contributed by atoms with van der Waals surface area (Å²) in [5, 5.41) is 19.0. The van der Waals surface area contributed by atoms with Gasteiger partial charge in [0.1, 0.15) is 11.5 Å². The van der Waals surface area contributed by atoms with Gasteiger partial charge in [-0.15, -0.1) is 0 Å². The van der Waals surface area contributed by atoms with Gasteiger partial charge in [-0.1, -0.05) is 0 Å². The second-order valence-corrected chi connectivity index (χ2v) is 5.39. The number of nitrogens with zero attached hydrogens (tertiary/aromatic N) is 2. The lowest BCUT2D eigenvalue weighted by Crippen LogP contribution is -2.49. The molecule has 0 amide bonds. The van der Waals surface area contributed by atoms with E-state index in [1.165, 1.54) is 11.0 Å². The molecule has 4 nitrogen and oxygen atoms in total. The van der Waals surface area contributed by atoms with Crippen LogP contribution in [0.5, 0.6) is 11.5 Å². The molecule has 21 heavy (non-hydrogen) atoms. The van der Waals surface area contributed by atoms with Gasteiger partial charge in [0.15, 0.2) is 0 Å². The molecule has 1 saturated heterocycles. The predicted molar refractivity (Wildman–Crippen MR) is 72.3 cm³/mol. The molecule has 0 bridgehead atoms. The molecule has 1 unspecified atom stereocenters. The van der Waals surface area contributed by atoms with Crippen molar-refractivity contribution in [2.75, 3.05) is 32.7 Å². The van der Waals surface area contributed by atoms with Crippen molar-refractivity contribution >= 4 is 0 Å². The molecule has 1 heterocycles. The Balaban J connectivity index is 1.95. The van der Waals surface area contributed by atoms with E-state index < -0.39 is 12.7 Å². The van der Waals surface area contributed by atoms with Crippen LogP contribution in [0.1, 0.15) is 18.5 Å². The van der Waals surface area contributed by atoms with Crippen LogP contribution in [0.4, 0.5) is 13.2 Å². The summed E-state index contributed by atoms with van der Waals surface area (Å²) >= 11 is 0. The molecule has 7 heteroatoms. The Bertz CT molecular complexity index is 465. The van der Waals surface area contributed by atoms with Crippen molar-refractivity contribution in [2.24, 2.45) is 0 Å². The van der Waals surface area contributed by atoms with Gasteiger partial charge in [-0.25, -0.2) is 0 Å². The van der Waals surface area contributed by atoms with Gasteiger partial charge in [0.2, 0.25) is 0 Å². The molecular formula is C14H19F3N2O2. The van der Waals surface area contributed by atoms with Gasteiger partial charge in [-0.2, -0.15) is 13.2 Å². The topological polar surface area (TPSA) is 46.9 Å². The summed E-state index contributed by atoms with van der Waals surface area (Å²) in [6.07, 6.45) is -4.16. The highest BCUT2D eigenvalue weighted by Gasteiger charge is 2.32. The molecule has 1 fully saturated rings. The summed E-state index contributed by atoms with van der Waals surface area (Å²) in [6.45, 7) is 2.79. The Labute approximate surface area is 121 Å². The predicted octanol–water partition coefficient (Wildman–Crippen LogP) is 2.34. The highest BCUT2D eigenvalue weighted by molar-refractivity contribution is 5.38. The van der Waals surface area contributed by atoms with Gasteiger partial charge in [0.05, 0.1) is 6.54 Å². The fraction of sp³-hybridized carbons (Fsp3) is 0.571. The standard InChI is InChI=1S/C14H19F3N2O2/c1-10(11-6-12(20)8-13(21)7-11)19-4-2-18(3-5-19)9-14(15,16)17/h6-8,10,20-21H,2-5,9H2,1H3. The minimum atomic E-state index is -4.16. The monoisotopic (exact) mass is 304 g/mol. The zero-order valence-corrected chi connectivity index (χ0v) is 11.8. The van der Waals surface area contributed by atoms with E-state index in [4.69, 9.17) is 0 Å². The van der Waals surface area contributed by atoms with Gasteiger partial charge in [0.25, 0.3) is 0 Å². The van der Waals surface area contributed by atoms with Crippen molar-refractivity contribution in [2.45, 2.75) is 19.1 Å². The molecule has 118 valence electrons. The van der Waals surface area contributed by atoms with E-state index in [1.54, 1.807) is 12.1 Å². The van der Waals surface area contributed by atoms with Gasteiger partial charge in [-0.3, -0.25) is 9.80 Å². The largest absolute Gasteiger partial charge is 0.508 e. The van der Waals surface area contributed by atoms with Crippen molar-refractivity contribution in [3.63, 3.8) is 0 Å². The molecule has 2 N–H and O–H groups in total. The lowest BCUT2D eigenvalue weighted by molar-refractivity contribution is -0.149. The maximum atomic E-state index is 12.3. The third-order valence-electron chi connectivity index (χ3n) is 3.76. The maximum absolute atomic E-state index is 12.3. The summed E-state index contributed by atoms with van der Waals surface area (Å²) < 4.78 is 37.0. The molecule has 1 aliphatic rings. The third kappa shape index (κ3) is 4.50. The van der Waals surface area contributed by atoms with E-state index in [1.807, 2.05) is 11.8 Å². The smallest absolute Gasteiger partial charge is 0.401 e. The molecule has 0 radical (unpaired) electrons. The molecule has 1 aromatic carbocycles. The number of phenols is 2. The molecule has 1 atom stereocenters. The molecule has 2 rings (SSSR count). The number of benzene rings is 1. The first-order chi connectivity index (χ1) is 9.74. The second kappa shape index (κ2) is 6.11. The van der Waals surface area contributed by atoms with Crippen LogP contribution in [-0.2, 0) is 0 Å². The molecule has 0 aliphatic carbocycles. The van der Waals surface area contributed by atoms with Crippen molar-refractivity contribution in [3.8, 4) is 11.5 Å². The lowest BCUT2D eigenvalue weighted by atomic mass is 10.1. The summed E-state index contributed by atoms with van der Waals surface area (Å²) in [4.78, 5) is 3.43. The van der Waals surface area contributed by atoms with Crippen molar-refractivity contribution < 1.29 is 23.4 Å². The summed E-state index contributed by atoms with van der Waals surface area (Å²) in [7, 11) is 0. The highest BCUT2D eigenvalue weighted by atomic mass is 19.4. The SMILES string of the molecule is CC(c1cc(O)cc(O)c1)N1CCN(CC(F)(F)F)CC1. The lowest BCUT2D eigenvalue weighted by Gasteiger charge is -2.38. The highest BCUT2D eigenvalue weighted by Crippen LogP contribution is 2.29. The Morgan fingerprint density at radius 1 is 1.05 bits per heavy atom. The van der Waals surface area contributed by atoms with Crippen LogP contribution < -0.4 is 0 Å². The van der Waals surface area contributed by atoms with Crippen LogP contribution in [0.25, 0.3) is 0 Å². The maximum Gasteiger partial charge on any atom is 0.401 e. The number of hydrogen-bond donors (Lipinski definition) is 2. The average molecular weight is 304 g/mol. The number of phenolic OH excluding ortho intramolecular Hbond substituents is 2. The Kier molecular flexibility index (Phi) is 4.63. The molecule has 1 aromatic rings. The number of rotatable bonds is 3. The fourth-order valence-corrected chi connectivity index (χ4v) is 2.63. The van der Waals surface area contributed by atoms with Crippen LogP contribution in [-0.4, -0.2) is 58.9 Å². The first-order valence-electron chi connectivity index (χ1n) is 6.81. The van der Waals surface area contributed by atoms with Crippen molar-refractivity contribution in [1.82, 2.24) is 9.80 Å². The quantitative estimate of drug-likeness (QED) is 0.900. The van der Waals surface area contributed by atoms with Gasteiger partial charge >= 0.3 is 6.18 Å². The Hall–Kier alpha value is -1.47. The van der Waals surface area contributed by atoms with E-state index in [0.29, 0.717) is 26.2 Å². The second-order valence-electron chi connectivity index (χ2n) is 5.39. The van der Waals surface area contributed by atoms with Gasteiger partial charge in [-0.05, 0) is 24.6 Å². The Morgan fingerprint density at radius 2 is 1.57 bits per heavy atom. The first-order valence-corrected chi connectivity index (χ1v) is 6.81. The van der Waals surface area contributed by atoms with Gasteiger partial charge in [0, 0.05) is 38.3 Å². The zero-order chi connectivity index (χ0) is 15.6. The van der Waals surface area contributed by atoms with Crippen LogP contribution in [0.3, 0.4) is 0 Å². The summed E-state index contributed by atoms with van der Waals surface area (Å²) in [6, 6.07) is 4.30. The average Bonchev–Trinajstić information content (AvgIpc) is 2.35. The number of aromatic hydroxyl groups is 2. The van der Waals surface area contributed by atoms with Crippen LogP contribution in [0.15, 0.2) is 18.2 Å². The number of hydrogen-bond acceptors (Lipinski definition) is 4. The number of halogens is 3. The minimum Gasteiger partial charge on any atom is -0.508 e. The summed E-state index contributed by atoms with van der Waals surface area (Å²) in [5.74, 6) is -0.0416. The van der Waals surface area contributed by atoms with E-state index in [2.05, 4.69) is 0 Å². The molecule has 0 spiro atoms.